The van der Waals surface area contributed by atoms with E-state index in [1.54, 1.807) is 11.8 Å². The molecule has 0 atom stereocenters. The summed E-state index contributed by atoms with van der Waals surface area (Å²) >= 11 is 6.24. The minimum Gasteiger partial charge on any atom is -0.497 e. The van der Waals surface area contributed by atoms with Gasteiger partial charge in [-0.1, -0.05) is 11.6 Å². The number of methoxy groups -OCH3 is 1. The van der Waals surface area contributed by atoms with Crippen LogP contribution in [0.2, 0.25) is 5.02 Å². The zero-order valence-corrected chi connectivity index (χ0v) is 18.8. The number of ether oxygens (including phenoxy) is 1. The van der Waals surface area contributed by atoms with Crippen molar-refractivity contribution in [2.24, 2.45) is 0 Å². The summed E-state index contributed by atoms with van der Waals surface area (Å²) in [7, 11) is 1.67. The number of hydrogen-bond donors (Lipinski definition) is 1. The van der Waals surface area contributed by atoms with Crippen molar-refractivity contribution in [1.82, 2.24) is 15.1 Å². The second kappa shape index (κ2) is 9.02. The number of nitrogens with one attached hydrogen (secondary N) is 1. The molecule has 0 unspecified atom stereocenters. The van der Waals surface area contributed by atoms with Gasteiger partial charge in [-0.2, -0.15) is 5.10 Å². The van der Waals surface area contributed by atoms with Crippen LogP contribution in [0.15, 0.2) is 48.5 Å². The Morgan fingerprint density at radius 1 is 1.03 bits per heavy atom. The standard InChI is InChI=1S/C24H27ClN4O2/c1-16-23(25)17(2)29(27-16)21-6-4-18(5-7-21)24(30)26-19-12-14-28(15-13-19)20-8-10-22(31-3)11-9-20/h4-11,19H,12-15H2,1-3H3,(H,26,30). The Kier molecular flexibility index (Phi) is 6.18. The molecule has 3 aromatic rings. The lowest BCUT2D eigenvalue weighted by atomic mass is 10.0. The molecule has 2 heterocycles. The summed E-state index contributed by atoms with van der Waals surface area (Å²) in [6.07, 6.45) is 1.83. The van der Waals surface area contributed by atoms with Crippen LogP contribution in [0.25, 0.3) is 5.69 Å². The predicted octanol–water partition coefficient (Wildman–Crippen LogP) is 4.55. The zero-order chi connectivity index (χ0) is 22.0. The van der Waals surface area contributed by atoms with Gasteiger partial charge in [-0.3, -0.25) is 4.79 Å². The number of carbonyl (C=O) groups excluding carboxylic acids is 1. The van der Waals surface area contributed by atoms with Gasteiger partial charge < -0.3 is 15.0 Å². The van der Waals surface area contributed by atoms with E-state index in [1.807, 2.05) is 50.2 Å². The SMILES string of the molecule is COc1ccc(N2CCC(NC(=O)c3ccc(-n4nc(C)c(Cl)c4C)cc3)CC2)cc1. The van der Waals surface area contributed by atoms with Crippen molar-refractivity contribution in [1.29, 1.82) is 0 Å². The van der Waals surface area contributed by atoms with Crippen molar-refractivity contribution in [2.75, 3.05) is 25.1 Å². The Morgan fingerprint density at radius 2 is 1.65 bits per heavy atom. The number of halogens is 1. The van der Waals surface area contributed by atoms with Gasteiger partial charge in [0, 0.05) is 30.4 Å². The van der Waals surface area contributed by atoms with Gasteiger partial charge in [-0.15, -0.1) is 0 Å². The monoisotopic (exact) mass is 438 g/mol. The summed E-state index contributed by atoms with van der Waals surface area (Å²) in [6.45, 7) is 5.64. The molecular formula is C24H27ClN4O2. The molecule has 1 aliphatic heterocycles. The molecule has 0 aliphatic carbocycles. The van der Waals surface area contributed by atoms with Crippen LogP contribution in [0.1, 0.15) is 34.6 Å². The molecule has 1 aliphatic rings. The van der Waals surface area contributed by atoms with Crippen molar-refractivity contribution >= 4 is 23.2 Å². The summed E-state index contributed by atoms with van der Waals surface area (Å²) in [5.41, 5.74) is 4.40. The summed E-state index contributed by atoms with van der Waals surface area (Å²) in [5, 5.41) is 8.31. The number of carbonyl (C=O) groups is 1. The van der Waals surface area contributed by atoms with E-state index in [2.05, 4.69) is 27.4 Å². The fourth-order valence-corrected chi connectivity index (χ4v) is 4.09. The quantitative estimate of drug-likeness (QED) is 0.634. The molecule has 1 saturated heterocycles. The Hall–Kier alpha value is -2.99. The average molecular weight is 439 g/mol. The first-order valence-electron chi connectivity index (χ1n) is 10.5. The Morgan fingerprint density at radius 3 is 2.19 bits per heavy atom. The molecule has 162 valence electrons. The van der Waals surface area contributed by atoms with Crippen LogP contribution >= 0.6 is 11.6 Å². The van der Waals surface area contributed by atoms with Crippen LogP contribution in [0, 0.1) is 13.8 Å². The van der Waals surface area contributed by atoms with Gasteiger partial charge in [-0.25, -0.2) is 4.68 Å². The van der Waals surface area contributed by atoms with E-state index in [4.69, 9.17) is 16.3 Å². The highest BCUT2D eigenvalue weighted by Crippen LogP contribution is 2.24. The summed E-state index contributed by atoms with van der Waals surface area (Å²) < 4.78 is 7.03. The smallest absolute Gasteiger partial charge is 0.251 e. The van der Waals surface area contributed by atoms with E-state index in [0.29, 0.717) is 10.6 Å². The molecule has 7 heteroatoms. The molecule has 6 nitrogen and oxygen atoms in total. The fourth-order valence-electron chi connectivity index (χ4n) is 3.97. The number of rotatable bonds is 5. The van der Waals surface area contributed by atoms with E-state index < -0.39 is 0 Å². The lowest BCUT2D eigenvalue weighted by Gasteiger charge is -2.34. The maximum Gasteiger partial charge on any atom is 0.251 e. The van der Waals surface area contributed by atoms with Gasteiger partial charge in [0.05, 0.1) is 29.2 Å². The summed E-state index contributed by atoms with van der Waals surface area (Å²) in [4.78, 5) is 15.1. The Balaban J connectivity index is 1.34. The number of hydrogen-bond acceptors (Lipinski definition) is 4. The van der Waals surface area contributed by atoms with Gasteiger partial charge >= 0.3 is 0 Å². The van der Waals surface area contributed by atoms with E-state index >= 15 is 0 Å². The van der Waals surface area contributed by atoms with Crippen LogP contribution in [-0.4, -0.2) is 41.9 Å². The van der Waals surface area contributed by atoms with E-state index in [9.17, 15) is 4.79 Å². The van der Waals surface area contributed by atoms with Crippen LogP contribution < -0.4 is 15.0 Å². The number of amides is 1. The first kappa shape index (κ1) is 21.2. The minimum atomic E-state index is -0.0409. The lowest BCUT2D eigenvalue weighted by Crippen LogP contribution is -2.44. The van der Waals surface area contributed by atoms with Crippen LogP contribution in [0.4, 0.5) is 5.69 Å². The van der Waals surface area contributed by atoms with Gasteiger partial charge in [0.25, 0.3) is 5.91 Å². The molecule has 1 fully saturated rings. The number of aryl methyl sites for hydroxylation is 1. The van der Waals surface area contributed by atoms with Gasteiger partial charge in [-0.05, 0) is 75.2 Å². The van der Waals surface area contributed by atoms with E-state index in [0.717, 1.165) is 48.8 Å². The van der Waals surface area contributed by atoms with Crippen molar-refractivity contribution in [3.63, 3.8) is 0 Å². The third kappa shape index (κ3) is 4.54. The maximum atomic E-state index is 12.7. The minimum absolute atomic E-state index is 0.0409. The molecule has 0 spiro atoms. The highest BCUT2D eigenvalue weighted by Gasteiger charge is 2.21. The molecule has 1 N–H and O–H groups in total. The van der Waals surface area contributed by atoms with E-state index in [1.165, 1.54) is 5.69 Å². The third-order valence-electron chi connectivity index (χ3n) is 5.84. The number of anilines is 1. The van der Waals surface area contributed by atoms with Crippen LogP contribution in [0.5, 0.6) is 5.75 Å². The van der Waals surface area contributed by atoms with Crippen molar-refractivity contribution < 1.29 is 9.53 Å². The highest BCUT2D eigenvalue weighted by atomic mass is 35.5. The lowest BCUT2D eigenvalue weighted by molar-refractivity contribution is 0.0931. The molecule has 1 amide bonds. The van der Waals surface area contributed by atoms with Gasteiger partial charge in [0.1, 0.15) is 5.75 Å². The van der Waals surface area contributed by atoms with Crippen LogP contribution in [0.3, 0.4) is 0 Å². The predicted molar refractivity (Wildman–Crippen MR) is 124 cm³/mol. The molecule has 4 rings (SSSR count). The van der Waals surface area contributed by atoms with Crippen molar-refractivity contribution in [2.45, 2.75) is 32.7 Å². The number of aromatic nitrogens is 2. The Bertz CT molecular complexity index is 1050. The second-order valence-corrected chi connectivity index (χ2v) is 8.25. The number of piperidine rings is 1. The fraction of sp³-hybridized carbons (Fsp3) is 0.333. The summed E-state index contributed by atoms with van der Waals surface area (Å²) in [6, 6.07) is 15.8. The van der Waals surface area contributed by atoms with Crippen molar-refractivity contribution in [3.8, 4) is 11.4 Å². The van der Waals surface area contributed by atoms with Crippen molar-refractivity contribution in [3.05, 3.63) is 70.5 Å². The van der Waals surface area contributed by atoms with Crippen LogP contribution in [-0.2, 0) is 0 Å². The number of benzene rings is 2. The third-order valence-corrected chi connectivity index (χ3v) is 6.39. The molecular weight excluding hydrogens is 412 g/mol. The molecule has 0 bridgehead atoms. The zero-order valence-electron chi connectivity index (χ0n) is 18.1. The first-order valence-corrected chi connectivity index (χ1v) is 10.9. The largest absolute Gasteiger partial charge is 0.497 e. The Labute approximate surface area is 187 Å². The maximum absolute atomic E-state index is 12.7. The molecule has 31 heavy (non-hydrogen) atoms. The molecule has 1 aromatic heterocycles. The van der Waals surface area contributed by atoms with Gasteiger partial charge in [0.15, 0.2) is 0 Å². The number of nitrogens with zero attached hydrogens (tertiary/aromatic N) is 3. The first-order chi connectivity index (χ1) is 15.0. The molecule has 0 saturated carbocycles. The van der Waals surface area contributed by atoms with Gasteiger partial charge in [0.2, 0.25) is 0 Å². The highest BCUT2D eigenvalue weighted by molar-refractivity contribution is 6.31. The topological polar surface area (TPSA) is 59.4 Å². The normalized spacial score (nSPS) is 14.5. The molecule has 2 aromatic carbocycles. The second-order valence-electron chi connectivity index (χ2n) is 7.88. The summed E-state index contributed by atoms with van der Waals surface area (Å²) in [5.74, 6) is 0.818. The van der Waals surface area contributed by atoms with E-state index in [-0.39, 0.29) is 11.9 Å². The average Bonchev–Trinajstić information content (AvgIpc) is 3.07. The molecule has 0 radical (unpaired) electrons.